The van der Waals surface area contributed by atoms with Crippen LogP contribution in [0.2, 0.25) is 5.02 Å². The van der Waals surface area contributed by atoms with Crippen LogP contribution in [0.4, 0.5) is 0 Å². The number of ether oxygens (including phenoxy) is 1. The Morgan fingerprint density at radius 1 is 1.75 bits per heavy atom. The molecule has 0 saturated heterocycles. The van der Waals surface area contributed by atoms with E-state index >= 15 is 0 Å². The van der Waals surface area contributed by atoms with Gasteiger partial charge in [0, 0.05) is 18.1 Å². The van der Waals surface area contributed by atoms with Crippen molar-refractivity contribution in [3.63, 3.8) is 0 Å². The number of nitrogens with zero attached hydrogens (tertiary/aromatic N) is 1. The van der Waals surface area contributed by atoms with E-state index in [1.54, 1.807) is 18.3 Å². The summed E-state index contributed by atoms with van der Waals surface area (Å²) in [7, 11) is 0. The van der Waals surface area contributed by atoms with E-state index in [1.165, 1.54) is 6.92 Å². The first-order chi connectivity index (χ1) is 5.68. The maximum absolute atomic E-state index is 10.4. The van der Waals surface area contributed by atoms with Crippen LogP contribution in [0.3, 0.4) is 0 Å². The molecule has 0 N–H and O–H groups in total. The molecule has 0 unspecified atom stereocenters. The predicted octanol–water partition coefficient (Wildman–Crippen LogP) is 1.80. The standard InChI is InChI=1S/C8H8ClNO2/c1-6(11)12-5-8-4-7(9)2-3-10-8/h2-4H,5H2,1H3. The fraction of sp³-hybridized carbons (Fsp3) is 0.250. The second kappa shape index (κ2) is 4.07. The van der Waals surface area contributed by atoms with Crippen LogP contribution in [0, 0.1) is 0 Å². The zero-order chi connectivity index (χ0) is 8.97. The highest BCUT2D eigenvalue weighted by molar-refractivity contribution is 6.30. The molecule has 0 atom stereocenters. The highest BCUT2D eigenvalue weighted by Gasteiger charge is 1.97. The van der Waals surface area contributed by atoms with Crippen molar-refractivity contribution in [1.29, 1.82) is 0 Å². The van der Waals surface area contributed by atoms with Gasteiger partial charge in [-0.05, 0) is 12.1 Å². The van der Waals surface area contributed by atoms with E-state index in [-0.39, 0.29) is 12.6 Å². The van der Waals surface area contributed by atoms with Crippen LogP contribution in [0.25, 0.3) is 0 Å². The molecule has 1 rings (SSSR count). The Bertz CT molecular complexity index is 288. The molecule has 0 aromatic carbocycles. The lowest BCUT2D eigenvalue weighted by atomic mass is 10.4. The first-order valence-corrected chi connectivity index (χ1v) is 3.80. The van der Waals surface area contributed by atoms with E-state index in [2.05, 4.69) is 4.98 Å². The van der Waals surface area contributed by atoms with Gasteiger partial charge < -0.3 is 4.74 Å². The molecule has 0 saturated carbocycles. The molecule has 1 heterocycles. The van der Waals surface area contributed by atoms with Gasteiger partial charge in [0.25, 0.3) is 0 Å². The Kier molecular flexibility index (Phi) is 3.05. The lowest BCUT2D eigenvalue weighted by molar-refractivity contribution is -0.142. The number of rotatable bonds is 2. The first-order valence-electron chi connectivity index (χ1n) is 3.42. The quantitative estimate of drug-likeness (QED) is 0.660. The van der Waals surface area contributed by atoms with Crippen molar-refractivity contribution < 1.29 is 9.53 Å². The van der Waals surface area contributed by atoms with Gasteiger partial charge in [-0.25, -0.2) is 0 Å². The van der Waals surface area contributed by atoms with Crippen molar-refractivity contribution >= 4 is 17.6 Å². The van der Waals surface area contributed by atoms with Crippen LogP contribution in [-0.4, -0.2) is 11.0 Å². The van der Waals surface area contributed by atoms with Gasteiger partial charge in [-0.2, -0.15) is 0 Å². The van der Waals surface area contributed by atoms with E-state index in [4.69, 9.17) is 16.3 Å². The predicted molar refractivity (Wildman–Crippen MR) is 44.7 cm³/mol. The van der Waals surface area contributed by atoms with Crippen LogP contribution in [0.15, 0.2) is 18.3 Å². The maximum Gasteiger partial charge on any atom is 0.303 e. The molecule has 0 bridgehead atoms. The average molecular weight is 186 g/mol. The van der Waals surface area contributed by atoms with Gasteiger partial charge >= 0.3 is 5.97 Å². The van der Waals surface area contributed by atoms with Crippen LogP contribution < -0.4 is 0 Å². The fourth-order valence-corrected chi connectivity index (χ4v) is 0.886. The Hall–Kier alpha value is -1.09. The maximum atomic E-state index is 10.4. The number of carbonyl (C=O) groups is 1. The van der Waals surface area contributed by atoms with Gasteiger partial charge in [-0.15, -0.1) is 0 Å². The summed E-state index contributed by atoms with van der Waals surface area (Å²) >= 11 is 5.68. The van der Waals surface area contributed by atoms with Gasteiger partial charge in [-0.1, -0.05) is 11.6 Å². The number of hydrogen-bond acceptors (Lipinski definition) is 3. The topological polar surface area (TPSA) is 39.2 Å². The molecule has 1 aromatic rings. The molecule has 0 radical (unpaired) electrons. The third-order valence-electron chi connectivity index (χ3n) is 1.20. The third-order valence-corrected chi connectivity index (χ3v) is 1.44. The summed E-state index contributed by atoms with van der Waals surface area (Å²) in [5.41, 5.74) is 0.651. The second-order valence-corrected chi connectivity index (χ2v) is 2.68. The van der Waals surface area contributed by atoms with Gasteiger partial charge in [0.2, 0.25) is 0 Å². The van der Waals surface area contributed by atoms with Gasteiger partial charge in [-0.3, -0.25) is 9.78 Å². The monoisotopic (exact) mass is 185 g/mol. The summed E-state index contributed by atoms with van der Waals surface area (Å²) in [4.78, 5) is 14.4. The van der Waals surface area contributed by atoms with Crippen molar-refractivity contribution in [3.05, 3.63) is 29.0 Å². The second-order valence-electron chi connectivity index (χ2n) is 2.25. The van der Waals surface area contributed by atoms with E-state index < -0.39 is 0 Å². The largest absolute Gasteiger partial charge is 0.459 e. The van der Waals surface area contributed by atoms with Crippen LogP contribution in [0.5, 0.6) is 0 Å². The molecule has 0 amide bonds. The summed E-state index contributed by atoms with van der Waals surface area (Å²) < 4.78 is 4.72. The third kappa shape index (κ3) is 2.88. The number of carbonyl (C=O) groups excluding carboxylic acids is 1. The van der Waals surface area contributed by atoms with Gasteiger partial charge in [0.05, 0.1) is 5.69 Å². The lowest BCUT2D eigenvalue weighted by Crippen LogP contribution is -2.00. The van der Waals surface area contributed by atoms with E-state index in [0.717, 1.165) is 0 Å². The highest BCUT2D eigenvalue weighted by atomic mass is 35.5. The minimum atomic E-state index is -0.322. The minimum absolute atomic E-state index is 0.176. The molecule has 4 heteroatoms. The number of aromatic nitrogens is 1. The van der Waals surface area contributed by atoms with Crippen molar-refractivity contribution in [3.8, 4) is 0 Å². The molecule has 0 aliphatic heterocycles. The Labute approximate surface area is 75.3 Å². The van der Waals surface area contributed by atoms with Crippen molar-refractivity contribution in [1.82, 2.24) is 4.98 Å². The molecule has 0 spiro atoms. The normalized spacial score (nSPS) is 9.50. The molecule has 3 nitrogen and oxygen atoms in total. The summed E-state index contributed by atoms with van der Waals surface area (Å²) in [6.07, 6.45) is 1.57. The summed E-state index contributed by atoms with van der Waals surface area (Å²) in [6.45, 7) is 1.53. The van der Waals surface area contributed by atoms with Crippen molar-refractivity contribution in [2.24, 2.45) is 0 Å². The van der Waals surface area contributed by atoms with Crippen LogP contribution in [0.1, 0.15) is 12.6 Å². The number of halogens is 1. The number of esters is 1. The molecule has 1 aromatic heterocycles. The first kappa shape index (κ1) is 9.00. The molecular formula is C8H8ClNO2. The number of pyridine rings is 1. The summed E-state index contributed by atoms with van der Waals surface area (Å²) in [5.74, 6) is -0.322. The van der Waals surface area contributed by atoms with Crippen molar-refractivity contribution in [2.75, 3.05) is 0 Å². The molecule has 12 heavy (non-hydrogen) atoms. The fourth-order valence-electron chi connectivity index (χ4n) is 0.703. The molecule has 0 aliphatic carbocycles. The smallest absolute Gasteiger partial charge is 0.303 e. The summed E-state index contributed by atoms with van der Waals surface area (Å²) in [5, 5.41) is 0.590. The van der Waals surface area contributed by atoms with Gasteiger partial charge in [0.15, 0.2) is 0 Å². The average Bonchev–Trinajstić information content (AvgIpc) is 2.01. The minimum Gasteiger partial charge on any atom is -0.459 e. The SMILES string of the molecule is CC(=O)OCc1cc(Cl)ccn1. The Morgan fingerprint density at radius 2 is 2.50 bits per heavy atom. The summed E-state index contributed by atoms with van der Waals surface area (Å²) in [6, 6.07) is 3.32. The molecule has 0 aliphatic rings. The highest BCUT2D eigenvalue weighted by Crippen LogP contribution is 2.08. The molecule has 64 valence electrons. The molecular weight excluding hydrogens is 178 g/mol. The zero-order valence-electron chi connectivity index (χ0n) is 6.58. The molecule has 0 fully saturated rings. The van der Waals surface area contributed by atoms with Crippen LogP contribution in [-0.2, 0) is 16.1 Å². The zero-order valence-corrected chi connectivity index (χ0v) is 7.34. The Balaban J connectivity index is 2.57. The van der Waals surface area contributed by atoms with E-state index in [0.29, 0.717) is 10.7 Å². The van der Waals surface area contributed by atoms with E-state index in [9.17, 15) is 4.79 Å². The van der Waals surface area contributed by atoms with Crippen LogP contribution >= 0.6 is 11.6 Å². The number of hydrogen-bond donors (Lipinski definition) is 0. The van der Waals surface area contributed by atoms with E-state index in [1.807, 2.05) is 0 Å². The Morgan fingerprint density at radius 3 is 3.08 bits per heavy atom. The lowest BCUT2D eigenvalue weighted by Gasteiger charge is -2.00. The van der Waals surface area contributed by atoms with Gasteiger partial charge in [0.1, 0.15) is 6.61 Å². The van der Waals surface area contributed by atoms with Crippen molar-refractivity contribution in [2.45, 2.75) is 13.5 Å².